The molecule has 2 rings (SSSR count). The number of para-hydroxylation sites is 1. The van der Waals surface area contributed by atoms with Gasteiger partial charge in [-0.1, -0.05) is 29.8 Å². The first-order chi connectivity index (χ1) is 8.20. The third-order valence-electron chi connectivity index (χ3n) is 2.52. The molecule has 17 heavy (non-hydrogen) atoms. The van der Waals surface area contributed by atoms with Crippen LogP contribution in [0.4, 0.5) is 0 Å². The molecule has 4 heteroatoms. The number of benzene rings is 1. The van der Waals surface area contributed by atoms with Gasteiger partial charge in [0.1, 0.15) is 5.75 Å². The fourth-order valence-electron chi connectivity index (χ4n) is 1.71. The zero-order valence-electron chi connectivity index (χ0n) is 9.77. The fourth-order valence-corrected chi connectivity index (χ4v) is 1.86. The van der Waals surface area contributed by atoms with Gasteiger partial charge in [0.2, 0.25) is 0 Å². The molecule has 0 N–H and O–H groups in total. The van der Waals surface area contributed by atoms with E-state index in [0.29, 0.717) is 11.6 Å². The molecule has 0 aliphatic heterocycles. The van der Waals surface area contributed by atoms with Crippen LogP contribution in [0.15, 0.2) is 30.3 Å². The average Bonchev–Trinajstić information content (AvgIpc) is 2.34. The number of halogens is 1. The first-order valence-corrected chi connectivity index (χ1v) is 5.69. The SMILES string of the molecule is COc1ccccc1Cc1cc(C)nnc1Cl. The van der Waals surface area contributed by atoms with Crippen molar-refractivity contribution >= 4 is 11.6 Å². The quantitative estimate of drug-likeness (QED) is 0.838. The molecule has 0 aliphatic rings. The van der Waals surface area contributed by atoms with E-state index in [4.69, 9.17) is 16.3 Å². The fraction of sp³-hybridized carbons (Fsp3) is 0.231. The minimum Gasteiger partial charge on any atom is -0.496 e. The molecule has 0 spiro atoms. The third kappa shape index (κ3) is 2.74. The number of hydrogen-bond donors (Lipinski definition) is 0. The van der Waals surface area contributed by atoms with Gasteiger partial charge in [0, 0.05) is 6.42 Å². The highest BCUT2D eigenvalue weighted by Crippen LogP contribution is 2.23. The van der Waals surface area contributed by atoms with Crippen molar-refractivity contribution in [3.05, 3.63) is 52.3 Å². The Hall–Kier alpha value is -1.61. The van der Waals surface area contributed by atoms with Crippen LogP contribution in [-0.4, -0.2) is 17.3 Å². The lowest BCUT2D eigenvalue weighted by atomic mass is 10.1. The van der Waals surface area contributed by atoms with Gasteiger partial charge in [0.05, 0.1) is 12.8 Å². The van der Waals surface area contributed by atoms with Crippen LogP contribution in [0.5, 0.6) is 5.75 Å². The van der Waals surface area contributed by atoms with E-state index in [1.54, 1.807) is 7.11 Å². The molecule has 1 heterocycles. The van der Waals surface area contributed by atoms with Crippen LogP contribution in [0.3, 0.4) is 0 Å². The second-order valence-electron chi connectivity index (χ2n) is 3.79. The Balaban J connectivity index is 2.34. The lowest BCUT2D eigenvalue weighted by Crippen LogP contribution is -1.98. The molecule has 0 aliphatic carbocycles. The number of aryl methyl sites for hydroxylation is 1. The largest absolute Gasteiger partial charge is 0.496 e. The normalized spacial score (nSPS) is 10.3. The topological polar surface area (TPSA) is 35.0 Å². The molecule has 0 atom stereocenters. The van der Waals surface area contributed by atoms with E-state index in [9.17, 15) is 0 Å². The standard InChI is InChI=1S/C13H13ClN2O/c1-9-7-11(13(14)16-15-9)8-10-5-3-4-6-12(10)17-2/h3-7H,8H2,1-2H3. The lowest BCUT2D eigenvalue weighted by Gasteiger charge is -2.09. The third-order valence-corrected chi connectivity index (χ3v) is 2.84. The maximum absolute atomic E-state index is 6.03. The van der Waals surface area contributed by atoms with Crippen LogP contribution in [0, 0.1) is 6.92 Å². The Morgan fingerprint density at radius 1 is 1.18 bits per heavy atom. The monoisotopic (exact) mass is 248 g/mol. The van der Waals surface area contributed by atoms with Crippen molar-refractivity contribution < 1.29 is 4.74 Å². The summed E-state index contributed by atoms with van der Waals surface area (Å²) in [5.41, 5.74) is 2.91. The minimum absolute atomic E-state index is 0.446. The van der Waals surface area contributed by atoms with E-state index in [1.807, 2.05) is 37.3 Å². The van der Waals surface area contributed by atoms with Crippen molar-refractivity contribution in [1.82, 2.24) is 10.2 Å². The summed E-state index contributed by atoms with van der Waals surface area (Å²) in [5, 5.41) is 8.26. The predicted octanol–water partition coefficient (Wildman–Crippen LogP) is 3.04. The zero-order chi connectivity index (χ0) is 12.3. The Kier molecular flexibility index (Phi) is 3.59. The van der Waals surface area contributed by atoms with E-state index in [-0.39, 0.29) is 0 Å². The highest BCUT2D eigenvalue weighted by Gasteiger charge is 2.08. The Labute approximate surface area is 105 Å². The van der Waals surface area contributed by atoms with Crippen molar-refractivity contribution in [1.29, 1.82) is 0 Å². The van der Waals surface area contributed by atoms with Crippen molar-refractivity contribution in [3.63, 3.8) is 0 Å². The summed E-state index contributed by atoms with van der Waals surface area (Å²) in [4.78, 5) is 0. The predicted molar refractivity (Wildman–Crippen MR) is 67.6 cm³/mol. The molecule has 0 radical (unpaired) electrons. The highest BCUT2D eigenvalue weighted by molar-refractivity contribution is 6.30. The summed E-state index contributed by atoms with van der Waals surface area (Å²) >= 11 is 6.03. The van der Waals surface area contributed by atoms with Crippen molar-refractivity contribution in [2.75, 3.05) is 7.11 Å². The summed E-state index contributed by atoms with van der Waals surface area (Å²) in [6.07, 6.45) is 0.694. The molecule has 0 fully saturated rings. The molecule has 2 aromatic rings. The second kappa shape index (κ2) is 5.15. The molecule has 0 saturated heterocycles. The van der Waals surface area contributed by atoms with E-state index >= 15 is 0 Å². The van der Waals surface area contributed by atoms with Gasteiger partial charge in [-0.25, -0.2) is 0 Å². The van der Waals surface area contributed by atoms with Crippen LogP contribution in [0.1, 0.15) is 16.8 Å². The average molecular weight is 249 g/mol. The summed E-state index contributed by atoms with van der Waals surface area (Å²) < 4.78 is 5.31. The zero-order valence-corrected chi connectivity index (χ0v) is 10.5. The van der Waals surface area contributed by atoms with Gasteiger partial charge < -0.3 is 4.74 Å². The molecule has 0 amide bonds. The minimum atomic E-state index is 0.446. The van der Waals surface area contributed by atoms with Gasteiger partial charge in [-0.3, -0.25) is 0 Å². The summed E-state index contributed by atoms with van der Waals surface area (Å²) in [6.45, 7) is 1.90. The van der Waals surface area contributed by atoms with Gasteiger partial charge in [0.25, 0.3) is 0 Å². The number of aromatic nitrogens is 2. The van der Waals surface area contributed by atoms with Gasteiger partial charge in [-0.15, -0.1) is 5.10 Å². The lowest BCUT2D eigenvalue weighted by molar-refractivity contribution is 0.410. The van der Waals surface area contributed by atoms with Gasteiger partial charge >= 0.3 is 0 Å². The first kappa shape index (κ1) is 11.9. The first-order valence-electron chi connectivity index (χ1n) is 5.31. The highest BCUT2D eigenvalue weighted by atomic mass is 35.5. The molecule has 1 aromatic heterocycles. The summed E-state index contributed by atoms with van der Waals surface area (Å²) in [6, 6.07) is 9.82. The molecular weight excluding hydrogens is 236 g/mol. The summed E-state index contributed by atoms with van der Waals surface area (Å²) in [5.74, 6) is 0.859. The Morgan fingerprint density at radius 3 is 2.71 bits per heavy atom. The van der Waals surface area contributed by atoms with E-state index in [1.165, 1.54) is 0 Å². The smallest absolute Gasteiger partial charge is 0.155 e. The van der Waals surface area contributed by atoms with Crippen LogP contribution in [0.2, 0.25) is 5.15 Å². The van der Waals surface area contributed by atoms with Gasteiger partial charge in [0.15, 0.2) is 5.15 Å². The number of methoxy groups -OCH3 is 1. The van der Waals surface area contributed by atoms with Crippen molar-refractivity contribution in [2.24, 2.45) is 0 Å². The Bertz CT molecular complexity index is 529. The Morgan fingerprint density at radius 2 is 1.94 bits per heavy atom. The van der Waals surface area contributed by atoms with Crippen molar-refractivity contribution in [2.45, 2.75) is 13.3 Å². The van der Waals surface area contributed by atoms with E-state index in [0.717, 1.165) is 22.6 Å². The van der Waals surface area contributed by atoms with Crippen LogP contribution in [0.25, 0.3) is 0 Å². The van der Waals surface area contributed by atoms with Crippen LogP contribution >= 0.6 is 11.6 Å². The maximum atomic E-state index is 6.03. The van der Waals surface area contributed by atoms with Crippen LogP contribution in [-0.2, 0) is 6.42 Å². The van der Waals surface area contributed by atoms with E-state index < -0.39 is 0 Å². The maximum Gasteiger partial charge on any atom is 0.155 e. The molecule has 1 aromatic carbocycles. The van der Waals surface area contributed by atoms with Crippen LogP contribution < -0.4 is 4.74 Å². The molecule has 0 saturated carbocycles. The molecule has 0 unspecified atom stereocenters. The van der Waals surface area contributed by atoms with E-state index in [2.05, 4.69) is 10.2 Å². The number of nitrogens with zero attached hydrogens (tertiary/aromatic N) is 2. The number of ether oxygens (including phenoxy) is 1. The molecule has 88 valence electrons. The second-order valence-corrected chi connectivity index (χ2v) is 4.15. The van der Waals surface area contributed by atoms with Gasteiger partial charge in [-0.2, -0.15) is 5.10 Å². The number of hydrogen-bond acceptors (Lipinski definition) is 3. The molecule has 0 bridgehead atoms. The van der Waals surface area contributed by atoms with Gasteiger partial charge in [-0.05, 0) is 30.2 Å². The summed E-state index contributed by atoms with van der Waals surface area (Å²) in [7, 11) is 1.66. The van der Waals surface area contributed by atoms with Crippen molar-refractivity contribution in [3.8, 4) is 5.75 Å². The molecule has 3 nitrogen and oxygen atoms in total. The molecular formula is C13H13ClN2O. The number of rotatable bonds is 3.